The smallest absolute Gasteiger partial charge is 0.226 e. The number of amides is 1. The van der Waals surface area contributed by atoms with Gasteiger partial charge in [-0.3, -0.25) is 4.79 Å². The minimum Gasteiger partial charge on any atom is -0.376 e. The molecule has 1 aliphatic heterocycles. The molecule has 0 spiro atoms. The van der Waals surface area contributed by atoms with Crippen LogP contribution in [0.4, 0.5) is 0 Å². The van der Waals surface area contributed by atoms with Crippen LogP contribution in [-0.2, 0) is 16.0 Å². The number of carbonyl (C=O) groups excluding carboxylic acids is 1. The number of ether oxygens (including phenoxy) is 1. The fourth-order valence-corrected chi connectivity index (χ4v) is 2.63. The number of nitrogens with zero attached hydrogens (tertiary/aromatic N) is 2. The minimum atomic E-state index is -0.00333. The highest BCUT2D eigenvalue weighted by atomic mass is 16.5. The van der Waals surface area contributed by atoms with Crippen molar-refractivity contribution in [2.24, 2.45) is 0 Å². The molecule has 0 bridgehead atoms. The molecule has 5 nitrogen and oxygen atoms in total. The fraction of sp³-hybridized carbons (Fsp3) is 0.467. The van der Waals surface area contributed by atoms with E-state index in [9.17, 15) is 4.79 Å². The number of hydrogen-bond acceptors (Lipinski definition) is 3. The third kappa shape index (κ3) is 2.82. The number of fused-ring (bicyclic) bond motifs is 1. The summed E-state index contributed by atoms with van der Waals surface area (Å²) in [5, 5.41) is 3.00. The predicted octanol–water partition coefficient (Wildman–Crippen LogP) is 1.56. The number of hydrogen-bond donors (Lipinski definition) is 1. The summed E-state index contributed by atoms with van der Waals surface area (Å²) in [5.41, 5.74) is 1.65. The second-order valence-electron chi connectivity index (χ2n) is 5.28. The Morgan fingerprint density at radius 1 is 1.60 bits per heavy atom. The third-order valence-corrected chi connectivity index (χ3v) is 3.67. The van der Waals surface area contributed by atoms with Crippen molar-refractivity contribution >= 4 is 11.6 Å². The van der Waals surface area contributed by atoms with Gasteiger partial charge in [-0.05, 0) is 31.9 Å². The van der Waals surface area contributed by atoms with E-state index in [2.05, 4.69) is 10.3 Å². The lowest BCUT2D eigenvalue weighted by atomic mass is 10.1. The summed E-state index contributed by atoms with van der Waals surface area (Å²) >= 11 is 0. The zero-order valence-corrected chi connectivity index (χ0v) is 11.6. The molecule has 0 aliphatic carbocycles. The SMILES string of the molecule is C[C@@H](NC(=O)Cc1cn2ccccc2n1)[C@H]1CCCO1. The monoisotopic (exact) mass is 273 g/mol. The second-order valence-corrected chi connectivity index (χ2v) is 5.28. The van der Waals surface area contributed by atoms with Crippen molar-refractivity contribution < 1.29 is 9.53 Å². The van der Waals surface area contributed by atoms with E-state index in [1.165, 1.54) is 0 Å². The molecule has 1 aliphatic rings. The van der Waals surface area contributed by atoms with Crippen LogP contribution in [0.1, 0.15) is 25.5 Å². The van der Waals surface area contributed by atoms with E-state index in [-0.39, 0.29) is 18.1 Å². The molecule has 3 rings (SSSR count). The summed E-state index contributed by atoms with van der Waals surface area (Å²) in [4.78, 5) is 16.5. The van der Waals surface area contributed by atoms with Gasteiger partial charge >= 0.3 is 0 Å². The topological polar surface area (TPSA) is 55.6 Å². The van der Waals surface area contributed by atoms with E-state index < -0.39 is 0 Å². The molecule has 0 aromatic carbocycles. The van der Waals surface area contributed by atoms with Gasteiger partial charge in [-0.2, -0.15) is 0 Å². The molecule has 1 amide bonds. The molecule has 3 heterocycles. The first-order chi connectivity index (χ1) is 9.72. The van der Waals surface area contributed by atoms with E-state index in [0.29, 0.717) is 6.42 Å². The summed E-state index contributed by atoms with van der Waals surface area (Å²) < 4.78 is 7.50. The quantitative estimate of drug-likeness (QED) is 0.919. The van der Waals surface area contributed by atoms with E-state index in [1.807, 2.05) is 41.9 Å². The van der Waals surface area contributed by atoms with Gasteiger partial charge in [-0.15, -0.1) is 0 Å². The molecule has 106 valence electrons. The molecule has 0 unspecified atom stereocenters. The third-order valence-electron chi connectivity index (χ3n) is 3.67. The Morgan fingerprint density at radius 3 is 3.25 bits per heavy atom. The largest absolute Gasteiger partial charge is 0.376 e. The van der Waals surface area contributed by atoms with Crippen molar-refractivity contribution in [3.8, 4) is 0 Å². The van der Waals surface area contributed by atoms with E-state index in [0.717, 1.165) is 30.8 Å². The van der Waals surface area contributed by atoms with Gasteiger partial charge in [-0.25, -0.2) is 4.98 Å². The number of pyridine rings is 1. The van der Waals surface area contributed by atoms with Crippen LogP contribution < -0.4 is 5.32 Å². The number of carbonyl (C=O) groups is 1. The zero-order valence-electron chi connectivity index (χ0n) is 11.6. The predicted molar refractivity (Wildman–Crippen MR) is 75.5 cm³/mol. The van der Waals surface area contributed by atoms with Gasteiger partial charge in [0, 0.05) is 19.0 Å². The van der Waals surface area contributed by atoms with Crippen molar-refractivity contribution in [1.82, 2.24) is 14.7 Å². The highest BCUT2D eigenvalue weighted by Crippen LogP contribution is 2.15. The Balaban J connectivity index is 1.60. The minimum absolute atomic E-state index is 0.00333. The number of aromatic nitrogens is 2. The van der Waals surface area contributed by atoms with Gasteiger partial charge in [-0.1, -0.05) is 6.07 Å². The molecule has 2 aromatic heterocycles. The lowest BCUT2D eigenvalue weighted by molar-refractivity contribution is -0.121. The van der Waals surface area contributed by atoms with Gasteiger partial charge in [0.2, 0.25) is 5.91 Å². The van der Waals surface area contributed by atoms with Crippen LogP contribution in [0.3, 0.4) is 0 Å². The molecule has 20 heavy (non-hydrogen) atoms. The van der Waals surface area contributed by atoms with Crippen LogP contribution in [0.2, 0.25) is 0 Å². The van der Waals surface area contributed by atoms with E-state index in [1.54, 1.807) is 0 Å². The average molecular weight is 273 g/mol. The number of nitrogens with one attached hydrogen (secondary N) is 1. The second kappa shape index (κ2) is 5.63. The van der Waals surface area contributed by atoms with Crippen LogP contribution in [-0.4, -0.2) is 34.0 Å². The fourth-order valence-electron chi connectivity index (χ4n) is 2.63. The number of imidazole rings is 1. The standard InChI is InChI=1S/C15H19N3O2/c1-11(13-5-4-8-20-13)16-15(19)9-12-10-18-7-3-2-6-14(18)17-12/h2-3,6-7,10-11,13H,4-5,8-9H2,1H3,(H,16,19)/t11-,13-/m1/s1. The van der Waals surface area contributed by atoms with Crippen LogP contribution >= 0.6 is 0 Å². The summed E-state index contributed by atoms with van der Waals surface area (Å²) in [5.74, 6) is -0.00333. The maximum Gasteiger partial charge on any atom is 0.226 e. The maximum absolute atomic E-state index is 12.0. The van der Waals surface area contributed by atoms with Gasteiger partial charge < -0.3 is 14.5 Å². The lowest BCUT2D eigenvalue weighted by Gasteiger charge is -2.19. The normalized spacial score (nSPS) is 20.1. The van der Waals surface area contributed by atoms with Crippen LogP contribution in [0, 0.1) is 0 Å². The van der Waals surface area contributed by atoms with Gasteiger partial charge in [0.1, 0.15) is 5.65 Å². The van der Waals surface area contributed by atoms with Gasteiger partial charge in [0.05, 0.1) is 24.3 Å². The van der Waals surface area contributed by atoms with Crippen molar-refractivity contribution in [2.45, 2.75) is 38.3 Å². The van der Waals surface area contributed by atoms with E-state index >= 15 is 0 Å². The van der Waals surface area contributed by atoms with Crippen molar-refractivity contribution in [3.05, 3.63) is 36.3 Å². The molecular formula is C15H19N3O2. The Morgan fingerprint density at radius 2 is 2.50 bits per heavy atom. The average Bonchev–Trinajstić information content (AvgIpc) is 3.07. The highest BCUT2D eigenvalue weighted by molar-refractivity contribution is 5.78. The van der Waals surface area contributed by atoms with Crippen molar-refractivity contribution in [3.63, 3.8) is 0 Å². The van der Waals surface area contributed by atoms with Crippen molar-refractivity contribution in [1.29, 1.82) is 0 Å². The molecule has 1 fully saturated rings. The summed E-state index contributed by atoms with van der Waals surface area (Å²) in [6.07, 6.45) is 6.39. The lowest BCUT2D eigenvalue weighted by Crippen LogP contribution is -2.41. The molecule has 2 aromatic rings. The van der Waals surface area contributed by atoms with Gasteiger partial charge in [0.15, 0.2) is 0 Å². The number of rotatable bonds is 4. The maximum atomic E-state index is 12.0. The molecule has 0 saturated carbocycles. The molecule has 5 heteroatoms. The Hall–Kier alpha value is -1.88. The van der Waals surface area contributed by atoms with Gasteiger partial charge in [0.25, 0.3) is 0 Å². The molecular weight excluding hydrogens is 254 g/mol. The molecule has 1 saturated heterocycles. The Kier molecular flexibility index (Phi) is 3.69. The van der Waals surface area contributed by atoms with Crippen LogP contribution in [0.5, 0.6) is 0 Å². The first-order valence-corrected chi connectivity index (χ1v) is 7.06. The first-order valence-electron chi connectivity index (χ1n) is 7.06. The molecule has 1 N–H and O–H groups in total. The highest BCUT2D eigenvalue weighted by Gasteiger charge is 2.23. The molecule has 2 atom stereocenters. The van der Waals surface area contributed by atoms with E-state index in [4.69, 9.17) is 4.74 Å². The Bertz CT molecular complexity index is 569. The van der Waals surface area contributed by atoms with Crippen molar-refractivity contribution in [2.75, 3.05) is 6.61 Å². The first kappa shape index (κ1) is 13.1. The summed E-state index contributed by atoms with van der Waals surface area (Å²) in [6, 6.07) is 5.86. The zero-order chi connectivity index (χ0) is 13.9. The molecule has 0 radical (unpaired) electrons. The van der Waals surface area contributed by atoms with Crippen LogP contribution in [0.15, 0.2) is 30.6 Å². The van der Waals surface area contributed by atoms with Crippen LogP contribution in [0.25, 0.3) is 5.65 Å². The summed E-state index contributed by atoms with van der Waals surface area (Å²) in [6.45, 7) is 2.80. The Labute approximate surface area is 118 Å². The summed E-state index contributed by atoms with van der Waals surface area (Å²) in [7, 11) is 0.